The van der Waals surface area contributed by atoms with E-state index in [0.717, 1.165) is 6.42 Å². The maximum atomic E-state index is 14.1. The largest absolute Gasteiger partial charge is 0.459 e. The van der Waals surface area contributed by atoms with Crippen molar-refractivity contribution >= 4 is 0 Å². The predicted molar refractivity (Wildman–Crippen MR) is 100 cm³/mol. The second kappa shape index (κ2) is 15.4. The number of hydrogen-bond donors (Lipinski definition) is 1. The van der Waals surface area contributed by atoms with Crippen LogP contribution in [0.5, 0.6) is 5.75 Å². The topological polar surface area (TPSA) is 66.4 Å². The predicted octanol–water partition coefficient (Wildman–Crippen LogP) is 3.37. The Morgan fingerprint density at radius 1 is 0.667 bits per heavy atom. The van der Waals surface area contributed by atoms with Crippen molar-refractivity contribution in [3.05, 3.63) is 28.8 Å². The summed E-state index contributed by atoms with van der Waals surface area (Å²) in [5.74, 6) is -7.80. The van der Waals surface area contributed by atoms with Gasteiger partial charge in [-0.1, -0.05) is 13.8 Å². The molecular weight excluding hydrogens is 412 g/mol. The van der Waals surface area contributed by atoms with Crippen LogP contribution >= 0.6 is 0 Å². The van der Waals surface area contributed by atoms with Gasteiger partial charge in [0.05, 0.1) is 46.2 Å². The molecule has 0 amide bonds. The molecule has 174 valence electrons. The van der Waals surface area contributed by atoms with Gasteiger partial charge in [-0.15, -0.1) is 0 Å². The monoisotopic (exact) mass is 442 g/mol. The molecule has 6 nitrogen and oxygen atoms in total. The van der Waals surface area contributed by atoms with E-state index in [9.17, 15) is 22.7 Å². The smallest absolute Gasteiger partial charge is 0.206 e. The van der Waals surface area contributed by atoms with Gasteiger partial charge in [0.1, 0.15) is 0 Å². The number of benzene rings is 1. The van der Waals surface area contributed by atoms with Crippen molar-refractivity contribution in [1.82, 2.24) is 0 Å². The van der Waals surface area contributed by atoms with Gasteiger partial charge < -0.3 is 28.8 Å². The van der Waals surface area contributed by atoms with Gasteiger partial charge in [0, 0.05) is 18.6 Å². The molecule has 0 aliphatic carbocycles. The Labute approximate surface area is 174 Å². The van der Waals surface area contributed by atoms with Gasteiger partial charge in [-0.3, -0.25) is 0 Å². The highest BCUT2D eigenvalue weighted by Gasteiger charge is 2.27. The number of aliphatic hydroxyl groups excluding tert-OH is 1. The Balaban J connectivity index is 2.18. The van der Waals surface area contributed by atoms with E-state index in [1.54, 1.807) is 0 Å². The first kappa shape index (κ1) is 26.6. The maximum absolute atomic E-state index is 14.1. The lowest BCUT2D eigenvalue weighted by molar-refractivity contribution is -0.0522. The van der Waals surface area contributed by atoms with Crippen LogP contribution in [0.2, 0.25) is 0 Å². The minimum Gasteiger partial charge on any atom is -0.459 e. The van der Waals surface area contributed by atoms with Crippen LogP contribution in [0.3, 0.4) is 0 Å². The molecule has 0 saturated heterocycles. The standard InChI is InChI=1S/C20H30F4O6/c1-3-6-26-8-10-28-12-13-29-11-9-27-7-5-15(25)30-20-17(22)14(4-2)16(21)18(23)19(20)24/h15,25H,3-13H2,1-2H3. The molecule has 0 saturated carbocycles. The van der Waals surface area contributed by atoms with Crippen LogP contribution in [0.25, 0.3) is 0 Å². The Hall–Kier alpha value is -1.46. The van der Waals surface area contributed by atoms with E-state index in [0.29, 0.717) is 39.6 Å². The Morgan fingerprint density at radius 2 is 1.17 bits per heavy atom. The van der Waals surface area contributed by atoms with Crippen LogP contribution < -0.4 is 4.74 Å². The van der Waals surface area contributed by atoms with Gasteiger partial charge in [0.25, 0.3) is 0 Å². The molecule has 0 aromatic heterocycles. The second-order valence-electron chi connectivity index (χ2n) is 6.23. The minimum atomic E-state index is -1.85. The van der Waals surface area contributed by atoms with Crippen molar-refractivity contribution in [2.75, 3.05) is 52.9 Å². The van der Waals surface area contributed by atoms with Gasteiger partial charge >= 0.3 is 0 Å². The summed E-state index contributed by atoms with van der Waals surface area (Å²) in [7, 11) is 0. The highest BCUT2D eigenvalue weighted by atomic mass is 19.2. The van der Waals surface area contributed by atoms with Crippen molar-refractivity contribution < 1.29 is 46.4 Å². The van der Waals surface area contributed by atoms with E-state index >= 15 is 0 Å². The molecule has 0 radical (unpaired) electrons. The highest BCUT2D eigenvalue weighted by Crippen LogP contribution is 2.31. The molecular formula is C20H30F4O6. The molecule has 1 N–H and O–H groups in total. The van der Waals surface area contributed by atoms with Crippen molar-refractivity contribution in [1.29, 1.82) is 0 Å². The quantitative estimate of drug-likeness (QED) is 0.131. The number of hydrogen-bond acceptors (Lipinski definition) is 6. The van der Waals surface area contributed by atoms with Crippen LogP contribution in [0.4, 0.5) is 17.6 Å². The first-order valence-electron chi connectivity index (χ1n) is 9.94. The summed E-state index contributed by atoms with van der Waals surface area (Å²) in [4.78, 5) is 0. The normalized spacial score (nSPS) is 12.4. The fraction of sp³-hybridized carbons (Fsp3) is 0.700. The third-order valence-electron chi connectivity index (χ3n) is 3.90. The fourth-order valence-electron chi connectivity index (χ4n) is 2.36. The average molecular weight is 442 g/mol. The third-order valence-corrected chi connectivity index (χ3v) is 3.90. The van der Waals surface area contributed by atoms with Crippen LogP contribution in [0.1, 0.15) is 32.3 Å². The lowest BCUT2D eigenvalue weighted by Gasteiger charge is -2.17. The summed E-state index contributed by atoms with van der Waals surface area (Å²) in [5.41, 5.74) is -0.651. The summed E-state index contributed by atoms with van der Waals surface area (Å²) in [6.45, 7) is 6.48. The molecule has 10 heteroatoms. The minimum absolute atomic E-state index is 0.00332. The van der Waals surface area contributed by atoms with Gasteiger partial charge in [-0.2, -0.15) is 4.39 Å². The Kier molecular flexibility index (Phi) is 13.6. The summed E-state index contributed by atoms with van der Waals surface area (Å²) >= 11 is 0. The van der Waals surface area contributed by atoms with Crippen LogP contribution in [0.15, 0.2) is 0 Å². The fourth-order valence-corrected chi connectivity index (χ4v) is 2.36. The van der Waals surface area contributed by atoms with Crippen LogP contribution in [-0.4, -0.2) is 64.3 Å². The van der Waals surface area contributed by atoms with Gasteiger partial charge in [-0.05, 0) is 12.8 Å². The molecule has 1 rings (SSSR count). The Bertz CT molecular complexity index is 618. The van der Waals surface area contributed by atoms with Crippen molar-refractivity contribution in [3.63, 3.8) is 0 Å². The molecule has 1 unspecified atom stereocenters. The van der Waals surface area contributed by atoms with E-state index in [4.69, 9.17) is 23.7 Å². The van der Waals surface area contributed by atoms with Crippen LogP contribution in [0, 0.1) is 23.3 Å². The van der Waals surface area contributed by atoms with Gasteiger partial charge in [-0.25, -0.2) is 13.2 Å². The molecule has 30 heavy (non-hydrogen) atoms. The SMILES string of the molecule is CCCOCCOCCOCCOCCC(O)Oc1c(F)c(F)c(F)c(CC)c1F. The average Bonchev–Trinajstić information content (AvgIpc) is 2.73. The zero-order valence-electron chi connectivity index (χ0n) is 17.4. The summed E-state index contributed by atoms with van der Waals surface area (Å²) in [6, 6.07) is 0. The maximum Gasteiger partial charge on any atom is 0.206 e. The first-order valence-corrected chi connectivity index (χ1v) is 9.94. The van der Waals surface area contributed by atoms with Crippen molar-refractivity contribution in [3.8, 4) is 5.75 Å². The number of rotatable bonds is 17. The lowest BCUT2D eigenvalue weighted by Crippen LogP contribution is -2.21. The molecule has 0 fully saturated rings. The molecule has 0 aliphatic rings. The molecule has 1 aromatic carbocycles. The molecule has 0 spiro atoms. The van der Waals surface area contributed by atoms with Crippen molar-refractivity contribution in [2.24, 2.45) is 0 Å². The summed E-state index contributed by atoms with van der Waals surface area (Å²) in [6.07, 6.45) is -1.04. The van der Waals surface area contributed by atoms with E-state index in [1.165, 1.54) is 6.92 Å². The molecule has 0 aliphatic heterocycles. The zero-order valence-corrected chi connectivity index (χ0v) is 17.4. The van der Waals surface area contributed by atoms with E-state index in [-0.39, 0.29) is 26.1 Å². The van der Waals surface area contributed by atoms with E-state index in [2.05, 4.69) is 0 Å². The number of halogens is 4. The lowest BCUT2D eigenvalue weighted by atomic mass is 10.1. The highest BCUT2D eigenvalue weighted by molar-refractivity contribution is 5.35. The van der Waals surface area contributed by atoms with Gasteiger partial charge in [0.15, 0.2) is 29.5 Å². The van der Waals surface area contributed by atoms with Gasteiger partial charge in [0.2, 0.25) is 5.82 Å². The molecule has 0 bridgehead atoms. The molecule has 1 aromatic rings. The summed E-state index contributed by atoms with van der Waals surface area (Å²) in [5, 5.41) is 9.74. The first-order chi connectivity index (χ1) is 14.4. The van der Waals surface area contributed by atoms with E-state index in [1.807, 2.05) is 6.92 Å². The van der Waals surface area contributed by atoms with Crippen molar-refractivity contribution in [2.45, 2.75) is 39.4 Å². The number of aliphatic hydroxyl groups is 1. The third kappa shape index (κ3) is 9.13. The van der Waals surface area contributed by atoms with Crippen LogP contribution in [-0.2, 0) is 25.4 Å². The number of ether oxygens (including phenoxy) is 5. The zero-order chi connectivity index (χ0) is 22.4. The molecule has 0 heterocycles. The molecule has 1 atom stereocenters. The summed E-state index contributed by atoms with van der Waals surface area (Å²) < 4.78 is 80.6. The Morgan fingerprint density at radius 3 is 1.67 bits per heavy atom. The second-order valence-corrected chi connectivity index (χ2v) is 6.23. The van der Waals surface area contributed by atoms with E-state index < -0.39 is 40.9 Å².